The van der Waals surface area contributed by atoms with Crippen molar-refractivity contribution in [3.63, 3.8) is 0 Å². The lowest BCUT2D eigenvalue weighted by atomic mass is 10.1. The number of carbonyl (C=O) groups is 2. The maximum atomic E-state index is 12.5. The molecular weight excluding hydrogens is 398 g/mol. The van der Waals surface area contributed by atoms with Gasteiger partial charge in [-0.05, 0) is 49.4 Å². The van der Waals surface area contributed by atoms with Gasteiger partial charge in [0.1, 0.15) is 5.01 Å². The Bertz CT molecular complexity index is 824. The summed E-state index contributed by atoms with van der Waals surface area (Å²) in [6.45, 7) is 5.60. The fourth-order valence-electron chi connectivity index (χ4n) is 3.01. The Morgan fingerprint density at radius 3 is 2.75 bits per heavy atom. The lowest BCUT2D eigenvalue weighted by Crippen LogP contribution is -2.40. The average molecular weight is 422 g/mol. The number of benzene rings is 1. The molecule has 0 saturated carbocycles. The molecule has 1 fully saturated rings. The van der Waals surface area contributed by atoms with Crippen LogP contribution in [0.5, 0.6) is 0 Å². The first-order valence-electron chi connectivity index (χ1n) is 9.39. The predicted octanol–water partition coefficient (Wildman–Crippen LogP) is 4.34. The van der Waals surface area contributed by atoms with E-state index in [9.17, 15) is 9.59 Å². The average Bonchev–Trinajstić information content (AvgIpc) is 3.32. The molecule has 1 atom stereocenters. The molecule has 2 N–H and O–H groups in total. The number of rotatable bonds is 6. The van der Waals surface area contributed by atoms with Crippen molar-refractivity contribution in [2.24, 2.45) is 5.92 Å². The van der Waals surface area contributed by atoms with Gasteiger partial charge in [-0.2, -0.15) is 0 Å². The lowest BCUT2D eigenvalue weighted by Gasteiger charge is -2.23. The van der Waals surface area contributed by atoms with Gasteiger partial charge in [0.2, 0.25) is 5.01 Å². The van der Waals surface area contributed by atoms with Crippen molar-refractivity contribution >= 4 is 40.6 Å². The molecule has 1 aromatic carbocycles. The Hall–Kier alpha value is -2.19. The quantitative estimate of drug-likeness (QED) is 0.726. The second kappa shape index (κ2) is 9.34. The number of amides is 3. The molecule has 28 heavy (non-hydrogen) atoms. The van der Waals surface area contributed by atoms with Gasteiger partial charge in [-0.25, -0.2) is 4.79 Å². The number of nitrogens with one attached hydrogen (secondary N) is 2. The summed E-state index contributed by atoms with van der Waals surface area (Å²) in [4.78, 5) is 26.7. The van der Waals surface area contributed by atoms with Crippen LogP contribution in [0.2, 0.25) is 5.02 Å². The van der Waals surface area contributed by atoms with Crippen molar-refractivity contribution < 1.29 is 9.59 Å². The van der Waals surface area contributed by atoms with E-state index in [1.54, 1.807) is 29.2 Å². The number of anilines is 1. The molecule has 2 heterocycles. The minimum atomic E-state index is -0.322. The number of nitrogens with zero attached hydrogens (tertiary/aromatic N) is 3. The molecule has 0 aliphatic carbocycles. The molecule has 1 aliphatic rings. The zero-order valence-corrected chi connectivity index (χ0v) is 17.5. The standard InChI is InChI=1S/C19H24ClN5O2S/c1-12(2)9-10-21-19(27)25-11-3-4-15(25)17-23-24-18(28-17)16(26)22-14-7-5-13(20)6-8-14/h5-8,12,15H,3-4,9-11H2,1-2H3,(H,21,27)(H,22,26). The molecule has 1 aromatic heterocycles. The summed E-state index contributed by atoms with van der Waals surface area (Å²) in [5.41, 5.74) is 0.637. The second-order valence-corrected chi connectivity index (χ2v) is 8.62. The van der Waals surface area contributed by atoms with Crippen LogP contribution in [0.15, 0.2) is 24.3 Å². The van der Waals surface area contributed by atoms with Crippen molar-refractivity contribution in [1.82, 2.24) is 20.4 Å². The van der Waals surface area contributed by atoms with Gasteiger partial charge in [-0.1, -0.05) is 36.8 Å². The Morgan fingerprint density at radius 2 is 2.04 bits per heavy atom. The van der Waals surface area contributed by atoms with Crippen LogP contribution in [0.25, 0.3) is 0 Å². The van der Waals surface area contributed by atoms with Crippen molar-refractivity contribution in [2.75, 3.05) is 18.4 Å². The highest BCUT2D eigenvalue weighted by Crippen LogP contribution is 2.33. The number of halogens is 1. The van der Waals surface area contributed by atoms with Gasteiger partial charge in [0.05, 0.1) is 6.04 Å². The molecule has 0 radical (unpaired) electrons. The van der Waals surface area contributed by atoms with Crippen LogP contribution < -0.4 is 10.6 Å². The normalized spacial score (nSPS) is 16.4. The van der Waals surface area contributed by atoms with Gasteiger partial charge >= 0.3 is 6.03 Å². The maximum Gasteiger partial charge on any atom is 0.317 e. The third-order valence-electron chi connectivity index (χ3n) is 4.53. The summed E-state index contributed by atoms with van der Waals surface area (Å²) in [7, 11) is 0. The van der Waals surface area contributed by atoms with Crippen LogP contribution in [-0.2, 0) is 0 Å². The van der Waals surface area contributed by atoms with E-state index in [-0.39, 0.29) is 23.0 Å². The molecule has 0 spiro atoms. The van der Waals surface area contributed by atoms with Crippen LogP contribution in [-0.4, -0.2) is 40.1 Å². The van der Waals surface area contributed by atoms with Gasteiger partial charge in [-0.15, -0.1) is 10.2 Å². The molecular formula is C19H24ClN5O2S. The van der Waals surface area contributed by atoms with Gasteiger partial charge in [0, 0.05) is 23.8 Å². The van der Waals surface area contributed by atoms with Crippen LogP contribution in [0.4, 0.5) is 10.5 Å². The number of hydrogen-bond acceptors (Lipinski definition) is 5. The molecule has 9 heteroatoms. The SMILES string of the molecule is CC(C)CCNC(=O)N1CCCC1c1nnc(C(=O)Nc2ccc(Cl)cc2)s1. The van der Waals surface area contributed by atoms with Gasteiger partial charge in [0.15, 0.2) is 0 Å². The van der Waals surface area contributed by atoms with E-state index in [0.29, 0.717) is 34.7 Å². The molecule has 150 valence electrons. The highest BCUT2D eigenvalue weighted by atomic mass is 35.5. The zero-order valence-electron chi connectivity index (χ0n) is 15.9. The lowest BCUT2D eigenvalue weighted by molar-refractivity contribution is 0.102. The van der Waals surface area contributed by atoms with Crippen molar-refractivity contribution in [2.45, 2.75) is 39.2 Å². The van der Waals surface area contributed by atoms with E-state index in [2.05, 4.69) is 34.7 Å². The molecule has 2 aromatic rings. The Labute approximate surface area is 173 Å². The maximum absolute atomic E-state index is 12.5. The Balaban J connectivity index is 1.62. The summed E-state index contributed by atoms with van der Waals surface area (Å²) in [5, 5.41) is 15.5. The van der Waals surface area contributed by atoms with Gasteiger partial charge in [0.25, 0.3) is 5.91 Å². The van der Waals surface area contributed by atoms with E-state index < -0.39 is 0 Å². The Morgan fingerprint density at radius 1 is 1.29 bits per heavy atom. The smallest absolute Gasteiger partial charge is 0.317 e. The summed E-state index contributed by atoms with van der Waals surface area (Å²) in [6, 6.07) is 6.65. The fraction of sp³-hybridized carbons (Fsp3) is 0.474. The van der Waals surface area contributed by atoms with Gasteiger partial charge in [-0.3, -0.25) is 4.79 Å². The monoisotopic (exact) mass is 421 g/mol. The van der Waals surface area contributed by atoms with E-state index in [0.717, 1.165) is 19.3 Å². The number of urea groups is 1. The zero-order chi connectivity index (χ0) is 20.1. The van der Waals surface area contributed by atoms with Crippen molar-refractivity contribution in [1.29, 1.82) is 0 Å². The third-order valence-corrected chi connectivity index (χ3v) is 5.81. The molecule has 0 bridgehead atoms. The summed E-state index contributed by atoms with van der Waals surface area (Å²) in [6.07, 6.45) is 2.68. The van der Waals surface area contributed by atoms with Crippen LogP contribution in [0, 0.1) is 5.92 Å². The fourth-order valence-corrected chi connectivity index (χ4v) is 4.03. The van der Waals surface area contributed by atoms with Gasteiger partial charge < -0.3 is 15.5 Å². The minimum Gasteiger partial charge on any atom is -0.338 e. The highest BCUT2D eigenvalue weighted by molar-refractivity contribution is 7.13. The Kier molecular flexibility index (Phi) is 6.85. The molecule has 1 aliphatic heterocycles. The van der Waals surface area contributed by atoms with Crippen LogP contribution in [0.3, 0.4) is 0 Å². The first-order valence-corrected chi connectivity index (χ1v) is 10.6. The number of hydrogen-bond donors (Lipinski definition) is 2. The highest BCUT2D eigenvalue weighted by Gasteiger charge is 2.33. The second-order valence-electron chi connectivity index (χ2n) is 7.17. The number of carbonyl (C=O) groups excluding carboxylic acids is 2. The summed E-state index contributed by atoms with van der Waals surface area (Å²) >= 11 is 7.09. The first kappa shape index (κ1) is 20.5. The minimum absolute atomic E-state index is 0.0782. The third kappa shape index (κ3) is 5.20. The first-order chi connectivity index (χ1) is 13.4. The summed E-state index contributed by atoms with van der Waals surface area (Å²) < 4.78 is 0. The van der Waals surface area contributed by atoms with E-state index >= 15 is 0 Å². The number of likely N-dealkylation sites (tertiary alicyclic amines) is 1. The van der Waals surface area contributed by atoms with Crippen LogP contribution in [0.1, 0.15) is 54.0 Å². The molecule has 3 rings (SSSR count). The molecule has 1 saturated heterocycles. The molecule has 3 amide bonds. The van der Waals surface area contributed by atoms with E-state index in [1.807, 2.05) is 0 Å². The van der Waals surface area contributed by atoms with E-state index in [1.165, 1.54) is 11.3 Å². The largest absolute Gasteiger partial charge is 0.338 e. The van der Waals surface area contributed by atoms with Crippen LogP contribution >= 0.6 is 22.9 Å². The predicted molar refractivity (Wildman–Crippen MR) is 111 cm³/mol. The number of aromatic nitrogens is 2. The van der Waals surface area contributed by atoms with Crippen molar-refractivity contribution in [3.8, 4) is 0 Å². The topological polar surface area (TPSA) is 87.2 Å². The van der Waals surface area contributed by atoms with E-state index in [4.69, 9.17) is 11.6 Å². The molecule has 7 nitrogen and oxygen atoms in total. The van der Waals surface area contributed by atoms with Crippen molar-refractivity contribution in [3.05, 3.63) is 39.3 Å². The summed E-state index contributed by atoms with van der Waals surface area (Å²) in [5.74, 6) is 0.219. The molecule has 1 unspecified atom stereocenters.